The molecule has 1 aromatic heterocycles. The number of hydrogen-bond donors (Lipinski definition) is 2. The smallest absolute Gasteiger partial charge is 0.324 e. The van der Waals surface area contributed by atoms with Crippen molar-refractivity contribution < 1.29 is 14.5 Å². The Morgan fingerprint density at radius 2 is 2.33 bits per heavy atom. The van der Waals surface area contributed by atoms with Gasteiger partial charge in [0, 0.05) is 39.2 Å². The molecule has 1 unspecified atom stereocenters. The molecule has 2 N–H and O–H groups in total. The number of nitrogens with zero attached hydrogens (tertiary/aromatic N) is 2. The molecule has 0 aromatic carbocycles. The van der Waals surface area contributed by atoms with Crippen LogP contribution in [0.4, 0.5) is 4.79 Å². The van der Waals surface area contributed by atoms with Crippen LogP contribution in [0.3, 0.4) is 0 Å². The molecule has 6 nitrogen and oxygen atoms in total. The van der Waals surface area contributed by atoms with Gasteiger partial charge in [0.2, 0.25) is 0 Å². The van der Waals surface area contributed by atoms with E-state index in [0.717, 1.165) is 19.4 Å². The molecular weight excluding hydrogens is 268 g/mol. The van der Waals surface area contributed by atoms with E-state index < -0.39 is 0 Å². The minimum atomic E-state index is -0.249. The van der Waals surface area contributed by atoms with Crippen molar-refractivity contribution in [2.24, 2.45) is 7.05 Å². The fourth-order valence-corrected chi connectivity index (χ4v) is 3.64. The summed E-state index contributed by atoms with van der Waals surface area (Å²) < 4.78 is 2.13. The van der Waals surface area contributed by atoms with Crippen LogP contribution < -0.4 is 10.2 Å². The van der Waals surface area contributed by atoms with Crippen molar-refractivity contribution in [3.63, 3.8) is 0 Å². The van der Waals surface area contributed by atoms with E-state index in [1.807, 2.05) is 26.2 Å². The largest absolute Gasteiger partial charge is 0.350 e. The number of likely N-dealkylation sites (tertiary alicyclic amines) is 1. The van der Waals surface area contributed by atoms with E-state index in [2.05, 4.69) is 16.0 Å². The van der Waals surface area contributed by atoms with Crippen LogP contribution in [0.15, 0.2) is 18.3 Å². The van der Waals surface area contributed by atoms with Gasteiger partial charge < -0.3 is 14.8 Å². The van der Waals surface area contributed by atoms with Gasteiger partial charge in [0.1, 0.15) is 6.04 Å². The van der Waals surface area contributed by atoms with E-state index in [-0.39, 0.29) is 18.0 Å². The normalized spacial score (nSPS) is 27.0. The summed E-state index contributed by atoms with van der Waals surface area (Å²) in [5.74, 6) is -0.0545. The van der Waals surface area contributed by atoms with Gasteiger partial charge in [-0.05, 0) is 19.1 Å². The predicted molar refractivity (Wildman–Crippen MR) is 77.8 cm³/mol. The number of quaternary nitrogens is 1. The number of nitrogens with one attached hydrogen (secondary N) is 2. The molecule has 2 fully saturated rings. The first-order chi connectivity index (χ1) is 10.1. The molecule has 0 saturated carbocycles. The van der Waals surface area contributed by atoms with Gasteiger partial charge in [-0.15, -0.1) is 0 Å². The van der Waals surface area contributed by atoms with Gasteiger partial charge in [0.05, 0.1) is 12.2 Å². The summed E-state index contributed by atoms with van der Waals surface area (Å²) in [6.07, 6.45) is 4.26. The lowest BCUT2D eigenvalue weighted by atomic mass is 10.1. The maximum atomic E-state index is 12.6. The van der Waals surface area contributed by atoms with E-state index in [1.54, 1.807) is 0 Å². The zero-order valence-corrected chi connectivity index (χ0v) is 12.6. The van der Waals surface area contributed by atoms with Crippen molar-refractivity contribution in [2.75, 3.05) is 19.6 Å². The Balaban J connectivity index is 1.77. The summed E-state index contributed by atoms with van der Waals surface area (Å²) in [6, 6.07) is 4.09. The van der Waals surface area contributed by atoms with Crippen LogP contribution in [-0.2, 0) is 11.8 Å². The third kappa shape index (κ3) is 2.44. The molecule has 2 saturated heterocycles. The standard InChI is InChI=1S/C15H22N4O2/c1-11(14(20)19-10-7-16-15(19)21)18-9-4-6-13(18)12-5-3-8-17(12)2/h3,5,8,11,13H,4,6-7,9-10H2,1-2H3,(H,16,21)/p+1/t11-,13+/m0/s1. The second-order valence-electron chi connectivity index (χ2n) is 6.01. The molecule has 114 valence electrons. The molecule has 21 heavy (non-hydrogen) atoms. The lowest BCUT2D eigenvalue weighted by Gasteiger charge is -2.28. The zero-order chi connectivity index (χ0) is 15.0. The molecule has 0 aliphatic carbocycles. The maximum absolute atomic E-state index is 12.6. The number of hydrogen-bond acceptors (Lipinski definition) is 2. The molecule has 2 aliphatic heterocycles. The van der Waals surface area contributed by atoms with E-state index in [9.17, 15) is 9.59 Å². The molecule has 3 heterocycles. The van der Waals surface area contributed by atoms with Crippen LogP contribution >= 0.6 is 0 Å². The molecular formula is C15H23N4O2+. The number of carbonyl (C=O) groups excluding carboxylic acids is 2. The highest BCUT2D eigenvalue weighted by atomic mass is 16.2. The van der Waals surface area contributed by atoms with Crippen molar-refractivity contribution in [1.82, 2.24) is 14.8 Å². The first-order valence-corrected chi connectivity index (χ1v) is 7.65. The van der Waals surface area contributed by atoms with Crippen LogP contribution in [0.5, 0.6) is 0 Å². The number of aromatic nitrogens is 1. The Labute approximate surface area is 124 Å². The van der Waals surface area contributed by atoms with Gasteiger partial charge in [0.15, 0.2) is 6.04 Å². The fraction of sp³-hybridized carbons (Fsp3) is 0.600. The second-order valence-corrected chi connectivity index (χ2v) is 6.01. The SMILES string of the molecule is C[C@@H](C(=O)N1CCNC1=O)[NH+]1CCC[C@@H]1c1cccn1C. The summed E-state index contributed by atoms with van der Waals surface area (Å²) in [4.78, 5) is 26.9. The van der Waals surface area contributed by atoms with Crippen molar-refractivity contribution in [1.29, 1.82) is 0 Å². The lowest BCUT2D eigenvalue weighted by Crippen LogP contribution is -3.15. The quantitative estimate of drug-likeness (QED) is 0.802. The van der Waals surface area contributed by atoms with Gasteiger partial charge in [-0.1, -0.05) is 0 Å². The van der Waals surface area contributed by atoms with Crippen LogP contribution in [0, 0.1) is 0 Å². The van der Waals surface area contributed by atoms with E-state index in [4.69, 9.17) is 0 Å². The fourth-order valence-electron chi connectivity index (χ4n) is 3.64. The Kier molecular flexibility index (Phi) is 3.71. The average molecular weight is 291 g/mol. The van der Waals surface area contributed by atoms with Crippen LogP contribution in [0.1, 0.15) is 31.5 Å². The lowest BCUT2D eigenvalue weighted by molar-refractivity contribution is -0.932. The van der Waals surface area contributed by atoms with Crippen LogP contribution in [0.25, 0.3) is 0 Å². The molecule has 3 amide bonds. The zero-order valence-electron chi connectivity index (χ0n) is 12.6. The first kappa shape index (κ1) is 14.1. The number of urea groups is 1. The summed E-state index contributed by atoms with van der Waals surface area (Å²) in [7, 11) is 2.05. The third-order valence-electron chi connectivity index (χ3n) is 4.80. The van der Waals surface area contributed by atoms with Crippen molar-refractivity contribution >= 4 is 11.9 Å². The number of carbonyl (C=O) groups is 2. The molecule has 0 bridgehead atoms. The monoisotopic (exact) mass is 291 g/mol. The summed E-state index contributed by atoms with van der Waals surface area (Å²) >= 11 is 0. The maximum Gasteiger partial charge on any atom is 0.324 e. The number of rotatable bonds is 3. The predicted octanol–water partition coefficient (Wildman–Crippen LogP) is -0.315. The number of aryl methyl sites for hydroxylation is 1. The summed E-state index contributed by atoms with van der Waals surface area (Å²) in [5, 5.41) is 2.70. The average Bonchev–Trinajstić information content (AvgIpc) is 3.17. The Morgan fingerprint density at radius 1 is 1.52 bits per heavy atom. The van der Waals surface area contributed by atoms with Gasteiger partial charge in [0.25, 0.3) is 5.91 Å². The van der Waals surface area contributed by atoms with E-state index >= 15 is 0 Å². The first-order valence-electron chi connectivity index (χ1n) is 7.65. The minimum absolute atomic E-state index is 0.0545. The second kappa shape index (κ2) is 5.52. The molecule has 6 heteroatoms. The van der Waals surface area contributed by atoms with Crippen LogP contribution in [-0.4, -0.2) is 47.1 Å². The Bertz CT molecular complexity index is 554. The van der Waals surface area contributed by atoms with Crippen molar-refractivity contribution in [2.45, 2.75) is 31.8 Å². The van der Waals surface area contributed by atoms with E-state index in [0.29, 0.717) is 19.1 Å². The topological polar surface area (TPSA) is 58.8 Å². The van der Waals surface area contributed by atoms with Crippen LogP contribution in [0.2, 0.25) is 0 Å². The molecule has 1 aromatic rings. The third-order valence-corrected chi connectivity index (χ3v) is 4.80. The molecule has 2 aliphatic rings. The molecule has 0 radical (unpaired) electrons. The summed E-state index contributed by atoms with van der Waals surface area (Å²) in [5.41, 5.74) is 1.27. The van der Waals surface area contributed by atoms with Gasteiger partial charge in [-0.3, -0.25) is 9.69 Å². The highest BCUT2D eigenvalue weighted by Crippen LogP contribution is 2.20. The Hall–Kier alpha value is -1.82. The van der Waals surface area contributed by atoms with E-state index in [1.165, 1.54) is 15.5 Å². The van der Waals surface area contributed by atoms with Crippen molar-refractivity contribution in [3.8, 4) is 0 Å². The van der Waals surface area contributed by atoms with Gasteiger partial charge >= 0.3 is 6.03 Å². The highest BCUT2D eigenvalue weighted by molar-refractivity contribution is 5.97. The summed E-state index contributed by atoms with van der Waals surface area (Å²) in [6.45, 7) is 3.99. The van der Waals surface area contributed by atoms with Gasteiger partial charge in [-0.2, -0.15) is 0 Å². The van der Waals surface area contributed by atoms with Gasteiger partial charge in [-0.25, -0.2) is 4.79 Å². The molecule has 3 atom stereocenters. The van der Waals surface area contributed by atoms with Crippen molar-refractivity contribution in [3.05, 3.63) is 24.0 Å². The Morgan fingerprint density at radius 3 is 2.95 bits per heavy atom. The number of amides is 3. The molecule has 0 spiro atoms. The number of imide groups is 1. The highest BCUT2D eigenvalue weighted by Gasteiger charge is 2.41. The molecule has 3 rings (SSSR count). The minimum Gasteiger partial charge on any atom is -0.350 e.